The van der Waals surface area contributed by atoms with Gasteiger partial charge in [0.1, 0.15) is 4.83 Å². The fourth-order valence-electron chi connectivity index (χ4n) is 6.22. The molecule has 0 saturated carbocycles. The smallest absolute Gasteiger partial charge is 0.160 e. The minimum atomic E-state index is 0.738. The molecule has 0 saturated heterocycles. The quantitative estimate of drug-likeness (QED) is 0.229. The second kappa shape index (κ2) is 8.22. The minimum absolute atomic E-state index is 0.738. The molecule has 0 N–H and O–H groups in total. The molecular weight excluding hydrogens is 506 g/mol. The van der Waals surface area contributed by atoms with Crippen LogP contribution in [0.3, 0.4) is 0 Å². The van der Waals surface area contributed by atoms with Crippen molar-refractivity contribution >= 4 is 59.6 Å². The molecule has 0 bridgehead atoms. The van der Waals surface area contributed by atoms with E-state index in [2.05, 4.69) is 119 Å². The molecule has 0 aliphatic rings. The molecule has 0 aliphatic heterocycles. The second-order valence-corrected chi connectivity index (χ2v) is 11.2. The van der Waals surface area contributed by atoms with Gasteiger partial charge in [-0.3, -0.25) is 4.40 Å². The number of hydrogen-bond donors (Lipinski definition) is 0. The molecule has 0 fully saturated rings. The van der Waals surface area contributed by atoms with Gasteiger partial charge >= 0.3 is 0 Å². The van der Waals surface area contributed by atoms with Crippen LogP contribution in [0.25, 0.3) is 82.1 Å². The van der Waals surface area contributed by atoms with E-state index in [-0.39, 0.29) is 0 Å². The Morgan fingerprint density at radius 2 is 1.23 bits per heavy atom. The molecule has 0 atom stereocenters. The third-order valence-electron chi connectivity index (χ3n) is 8.01. The van der Waals surface area contributed by atoms with Crippen molar-refractivity contribution in [1.82, 2.24) is 14.4 Å². The molecule has 9 aromatic rings. The monoisotopic (exact) mass is 527 g/mol. The molecule has 4 heteroatoms. The zero-order chi connectivity index (χ0) is 26.2. The lowest BCUT2D eigenvalue weighted by Crippen LogP contribution is -1.95. The van der Waals surface area contributed by atoms with Gasteiger partial charge in [-0.25, -0.2) is 9.97 Å². The van der Waals surface area contributed by atoms with Gasteiger partial charge in [-0.05, 0) is 52.9 Å². The molecule has 40 heavy (non-hydrogen) atoms. The number of hydrogen-bond acceptors (Lipinski definition) is 3. The SMILES string of the molecule is c1ccc(-c2nc(-c3cccc(-c4cc5c6ccccc6n6c7sccc7c(c4)c56)c3)nc3ccccc23)cc1. The highest BCUT2D eigenvalue weighted by molar-refractivity contribution is 7.17. The summed E-state index contributed by atoms with van der Waals surface area (Å²) in [7, 11) is 0. The van der Waals surface area contributed by atoms with Crippen molar-refractivity contribution in [2.75, 3.05) is 0 Å². The van der Waals surface area contributed by atoms with E-state index >= 15 is 0 Å². The van der Waals surface area contributed by atoms with Crippen LogP contribution in [0.15, 0.2) is 127 Å². The number of rotatable bonds is 3. The zero-order valence-corrected chi connectivity index (χ0v) is 22.2. The predicted octanol–water partition coefficient (Wildman–Crippen LogP) is 9.84. The number of para-hydroxylation sites is 2. The maximum Gasteiger partial charge on any atom is 0.160 e. The molecule has 4 heterocycles. The number of thiophene rings is 1. The van der Waals surface area contributed by atoms with Crippen molar-refractivity contribution in [3.63, 3.8) is 0 Å². The van der Waals surface area contributed by atoms with Gasteiger partial charge < -0.3 is 0 Å². The number of benzene rings is 5. The Morgan fingerprint density at radius 1 is 0.500 bits per heavy atom. The largest absolute Gasteiger partial charge is 0.300 e. The molecule has 0 unspecified atom stereocenters. The van der Waals surface area contributed by atoms with Crippen LogP contribution in [-0.4, -0.2) is 14.4 Å². The molecular formula is C36H21N3S. The molecule has 186 valence electrons. The van der Waals surface area contributed by atoms with Crippen LogP contribution in [0.2, 0.25) is 0 Å². The van der Waals surface area contributed by atoms with Crippen molar-refractivity contribution in [3.8, 4) is 33.8 Å². The van der Waals surface area contributed by atoms with Crippen molar-refractivity contribution in [2.45, 2.75) is 0 Å². The van der Waals surface area contributed by atoms with Crippen molar-refractivity contribution in [1.29, 1.82) is 0 Å². The second-order valence-electron chi connectivity index (χ2n) is 10.3. The number of fused-ring (bicyclic) bond motifs is 7. The fourth-order valence-corrected chi connectivity index (χ4v) is 7.15. The van der Waals surface area contributed by atoms with Gasteiger partial charge in [-0.1, -0.05) is 84.9 Å². The predicted molar refractivity (Wildman–Crippen MR) is 168 cm³/mol. The Bertz CT molecular complexity index is 2380. The average molecular weight is 528 g/mol. The fraction of sp³-hybridized carbons (Fsp3) is 0. The van der Waals surface area contributed by atoms with E-state index in [9.17, 15) is 0 Å². The van der Waals surface area contributed by atoms with Gasteiger partial charge in [0.05, 0.1) is 22.2 Å². The highest BCUT2D eigenvalue weighted by Gasteiger charge is 2.19. The summed E-state index contributed by atoms with van der Waals surface area (Å²) in [4.78, 5) is 11.4. The van der Waals surface area contributed by atoms with Crippen molar-refractivity contribution in [2.24, 2.45) is 0 Å². The van der Waals surface area contributed by atoms with E-state index in [1.54, 1.807) is 0 Å². The lowest BCUT2D eigenvalue weighted by molar-refractivity contribution is 1.23. The number of aromatic nitrogens is 3. The van der Waals surface area contributed by atoms with Gasteiger partial charge in [0.15, 0.2) is 5.82 Å². The molecule has 0 radical (unpaired) electrons. The summed E-state index contributed by atoms with van der Waals surface area (Å²) in [6.07, 6.45) is 0. The Balaban J connectivity index is 1.27. The molecule has 0 amide bonds. The van der Waals surface area contributed by atoms with E-state index in [1.807, 2.05) is 23.5 Å². The Labute approximate surface area is 234 Å². The highest BCUT2D eigenvalue weighted by atomic mass is 32.1. The van der Waals surface area contributed by atoms with Crippen LogP contribution < -0.4 is 0 Å². The normalized spacial score (nSPS) is 12.0. The van der Waals surface area contributed by atoms with Gasteiger partial charge in [-0.2, -0.15) is 0 Å². The van der Waals surface area contributed by atoms with Crippen LogP contribution in [0.1, 0.15) is 0 Å². The summed E-state index contributed by atoms with van der Waals surface area (Å²) in [5.41, 5.74) is 8.95. The molecule has 0 spiro atoms. The van der Waals surface area contributed by atoms with Crippen LogP contribution >= 0.6 is 11.3 Å². The molecule has 0 aliphatic carbocycles. The van der Waals surface area contributed by atoms with E-state index < -0.39 is 0 Å². The Hall–Kier alpha value is -5.06. The minimum Gasteiger partial charge on any atom is -0.300 e. The molecule has 4 aromatic heterocycles. The van der Waals surface area contributed by atoms with E-state index in [1.165, 1.54) is 43.0 Å². The third kappa shape index (κ3) is 3.05. The lowest BCUT2D eigenvalue weighted by atomic mass is 9.98. The van der Waals surface area contributed by atoms with E-state index in [4.69, 9.17) is 9.97 Å². The van der Waals surface area contributed by atoms with Gasteiger partial charge in [0, 0.05) is 38.1 Å². The Kier molecular flexibility index (Phi) is 4.48. The first-order valence-corrected chi connectivity index (χ1v) is 14.3. The first-order valence-electron chi connectivity index (χ1n) is 13.4. The average Bonchev–Trinajstić information content (AvgIpc) is 3.71. The maximum absolute atomic E-state index is 5.11. The maximum atomic E-state index is 5.11. The van der Waals surface area contributed by atoms with Crippen LogP contribution in [-0.2, 0) is 0 Å². The molecule has 9 rings (SSSR count). The zero-order valence-electron chi connectivity index (χ0n) is 21.4. The van der Waals surface area contributed by atoms with E-state index in [0.29, 0.717) is 0 Å². The van der Waals surface area contributed by atoms with Crippen molar-refractivity contribution < 1.29 is 0 Å². The summed E-state index contributed by atoms with van der Waals surface area (Å²) < 4.78 is 2.44. The van der Waals surface area contributed by atoms with Gasteiger partial charge in [0.2, 0.25) is 0 Å². The van der Waals surface area contributed by atoms with E-state index in [0.717, 1.165) is 39.1 Å². The van der Waals surface area contributed by atoms with Crippen molar-refractivity contribution in [3.05, 3.63) is 127 Å². The highest BCUT2D eigenvalue weighted by Crippen LogP contribution is 2.43. The third-order valence-corrected chi connectivity index (χ3v) is 8.91. The molecule has 5 aromatic carbocycles. The molecule has 3 nitrogen and oxygen atoms in total. The van der Waals surface area contributed by atoms with Gasteiger partial charge in [-0.15, -0.1) is 11.3 Å². The van der Waals surface area contributed by atoms with Gasteiger partial charge in [0.25, 0.3) is 0 Å². The lowest BCUT2D eigenvalue weighted by Gasteiger charge is -2.11. The first kappa shape index (κ1) is 21.8. The Morgan fingerprint density at radius 3 is 2.12 bits per heavy atom. The summed E-state index contributed by atoms with van der Waals surface area (Å²) >= 11 is 1.81. The number of nitrogens with zero attached hydrogens (tertiary/aromatic N) is 3. The summed E-state index contributed by atoms with van der Waals surface area (Å²) in [5, 5.41) is 8.47. The van der Waals surface area contributed by atoms with Crippen LogP contribution in [0.4, 0.5) is 0 Å². The van der Waals surface area contributed by atoms with Crippen LogP contribution in [0, 0.1) is 0 Å². The summed E-state index contributed by atoms with van der Waals surface area (Å²) in [6.45, 7) is 0. The first-order chi connectivity index (χ1) is 19.8. The topological polar surface area (TPSA) is 30.2 Å². The standard InChI is InChI=1S/C36H21N3S/c1-2-9-22(10-3-1)33-28-14-4-6-15-31(28)37-35(38-33)24-12-8-11-23(19-24)25-20-29-26-13-5-7-16-32(26)39-34(29)30(21-25)27-17-18-40-36(27)39/h1-21H. The summed E-state index contributed by atoms with van der Waals surface area (Å²) in [5.74, 6) is 0.738. The summed E-state index contributed by atoms with van der Waals surface area (Å²) in [6, 6.07) is 43.0. The van der Waals surface area contributed by atoms with Crippen LogP contribution in [0.5, 0.6) is 0 Å².